The number of halogens is 1. The summed E-state index contributed by atoms with van der Waals surface area (Å²) in [6, 6.07) is 12.2. The predicted molar refractivity (Wildman–Crippen MR) is 86.8 cm³/mol. The summed E-state index contributed by atoms with van der Waals surface area (Å²) >= 11 is 0. The van der Waals surface area contributed by atoms with Crippen LogP contribution in [0.1, 0.15) is 0 Å². The second-order valence-corrected chi connectivity index (χ2v) is 4.98. The van der Waals surface area contributed by atoms with E-state index in [9.17, 15) is 14.0 Å². The van der Waals surface area contributed by atoms with E-state index in [1.807, 2.05) is 0 Å². The minimum Gasteiger partial charge on any atom is -0.322 e. The number of hydrogen-bond acceptors (Lipinski definition) is 4. The number of anilines is 1. The minimum absolute atomic E-state index is 0.0546. The summed E-state index contributed by atoms with van der Waals surface area (Å²) in [7, 11) is 0. The quantitative estimate of drug-likeness (QED) is 0.797. The molecule has 24 heavy (non-hydrogen) atoms. The second-order valence-electron chi connectivity index (χ2n) is 4.98. The van der Waals surface area contributed by atoms with Gasteiger partial charge in [0.25, 0.3) is 5.56 Å². The van der Waals surface area contributed by atoms with Crippen LogP contribution in [0.25, 0.3) is 11.3 Å². The van der Waals surface area contributed by atoms with Crippen molar-refractivity contribution >= 4 is 11.6 Å². The topological polar surface area (TPSA) is 76.9 Å². The van der Waals surface area contributed by atoms with Crippen LogP contribution in [-0.4, -0.2) is 20.7 Å². The number of pyridine rings is 1. The first-order valence-corrected chi connectivity index (χ1v) is 7.16. The number of nitrogens with zero attached hydrogens (tertiary/aromatic N) is 3. The molecule has 0 bridgehead atoms. The van der Waals surface area contributed by atoms with Crippen molar-refractivity contribution in [3.8, 4) is 11.3 Å². The molecule has 0 saturated heterocycles. The van der Waals surface area contributed by atoms with Crippen LogP contribution in [0.3, 0.4) is 0 Å². The van der Waals surface area contributed by atoms with Crippen molar-refractivity contribution in [2.75, 3.05) is 5.32 Å². The van der Waals surface area contributed by atoms with Gasteiger partial charge in [0.2, 0.25) is 5.91 Å². The van der Waals surface area contributed by atoms with E-state index >= 15 is 0 Å². The molecule has 7 heteroatoms. The molecule has 0 aliphatic rings. The maximum atomic E-state index is 13.5. The Morgan fingerprint density at radius 2 is 1.96 bits per heavy atom. The smallest absolute Gasteiger partial charge is 0.267 e. The molecule has 0 saturated carbocycles. The van der Waals surface area contributed by atoms with Crippen LogP contribution >= 0.6 is 0 Å². The highest BCUT2D eigenvalue weighted by atomic mass is 19.1. The molecular formula is C17H13FN4O2. The molecule has 0 atom stereocenters. The number of rotatable bonds is 4. The Kier molecular flexibility index (Phi) is 4.42. The van der Waals surface area contributed by atoms with Gasteiger partial charge >= 0.3 is 0 Å². The Labute approximate surface area is 136 Å². The maximum absolute atomic E-state index is 13.5. The molecule has 2 heterocycles. The summed E-state index contributed by atoms with van der Waals surface area (Å²) < 4.78 is 14.6. The van der Waals surface area contributed by atoms with E-state index in [-0.39, 0.29) is 12.2 Å². The zero-order valence-electron chi connectivity index (χ0n) is 12.5. The molecule has 3 rings (SSSR count). The van der Waals surface area contributed by atoms with Gasteiger partial charge in [0.05, 0.1) is 11.4 Å². The largest absolute Gasteiger partial charge is 0.322 e. The highest BCUT2D eigenvalue weighted by Gasteiger charge is 2.10. The van der Waals surface area contributed by atoms with Gasteiger partial charge in [0, 0.05) is 24.0 Å². The van der Waals surface area contributed by atoms with Crippen molar-refractivity contribution in [2.45, 2.75) is 6.54 Å². The zero-order chi connectivity index (χ0) is 16.9. The van der Waals surface area contributed by atoms with Crippen LogP contribution in [-0.2, 0) is 11.3 Å². The first kappa shape index (κ1) is 15.5. The number of benzene rings is 1. The number of amides is 1. The van der Waals surface area contributed by atoms with E-state index in [0.717, 1.165) is 10.2 Å². The van der Waals surface area contributed by atoms with Crippen molar-refractivity contribution in [3.05, 3.63) is 77.1 Å². The predicted octanol–water partition coefficient (Wildman–Crippen LogP) is 2.08. The molecule has 2 aromatic heterocycles. The van der Waals surface area contributed by atoms with E-state index in [4.69, 9.17) is 0 Å². The molecule has 120 valence electrons. The van der Waals surface area contributed by atoms with Gasteiger partial charge in [-0.05, 0) is 30.3 Å². The standard InChI is InChI=1S/C17H13FN4O2/c18-13-5-1-2-6-15(13)20-16(23)11-22-17(24)8-7-14(21-22)12-4-3-9-19-10-12/h1-10H,11H2,(H,20,23). The molecule has 0 aliphatic heterocycles. The molecule has 0 spiro atoms. The summed E-state index contributed by atoms with van der Waals surface area (Å²) in [6.07, 6.45) is 3.23. The summed E-state index contributed by atoms with van der Waals surface area (Å²) in [6.45, 7) is -0.318. The molecule has 0 aliphatic carbocycles. The fourth-order valence-corrected chi connectivity index (χ4v) is 2.12. The molecule has 0 radical (unpaired) electrons. The fourth-order valence-electron chi connectivity index (χ4n) is 2.12. The number of carbonyl (C=O) groups excluding carboxylic acids is 1. The third-order valence-corrected chi connectivity index (χ3v) is 3.27. The molecule has 1 N–H and O–H groups in total. The van der Waals surface area contributed by atoms with Gasteiger partial charge < -0.3 is 5.32 Å². The Morgan fingerprint density at radius 1 is 1.12 bits per heavy atom. The van der Waals surface area contributed by atoms with Gasteiger partial charge in [-0.2, -0.15) is 5.10 Å². The average molecular weight is 324 g/mol. The summed E-state index contributed by atoms with van der Waals surface area (Å²) in [5.74, 6) is -1.09. The van der Waals surface area contributed by atoms with Crippen LogP contribution in [0, 0.1) is 5.82 Å². The van der Waals surface area contributed by atoms with Crippen molar-refractivity contribution in [3.63, 3.8) is 0 Å². The van der Waals surface area contributed by atoms with E-state index in [1.165, 1.54) is 24.3 Å². The molecular weight excluding hydrogens is 311 g/mol. The highest BCUT2D eigenvalue weighted by molar-refractivity contribution is 5.90. The minimum atomic E-state index is -0.546. The Hall–Kier alpha value is -3.35. The molecule has 3 aromatic rings. The Morgan fingerprint density at radius 3 is 2.71 bits per heavy atom. The van der Waals surface area contributed by atoms with Crippen LogP contribution in [0.5, 0.6) is 0 Å². The van der Waals surface area contributed by atoms with Crippen molar-refractivity contribution in [1.82, 2.24) is 14.8 Å². The monoisotopic (exact) mass is 324 g/mol. The zero-order valence-corrected chi connectivity index (χ0v) is 12.5. The third kappa shape index (κ3) is 3.52. The average Bonchev–Trinajstić information content (AvgIpc) is 2.60. The van der Waals surface area contributed by atoms with Gasteiger partial charge in [0.15, 0.2) is 0 Å². The number of nitrogens with one attached hydrogen (secondary N) is 1. The summed E-state index contributed by atoms with van der Waals surface area (Å²) in [5, 5.41) is 6.58. The lowest BCUT2D eigenvalue weighted by molar-refractivity contribution is -0.117. The van der Waals surface area contributed by atoms with E-state index < -0.39 is 17.3 Å². The lowest BCUT2D eigenvalue weighted by Gasteiger charge is -2.08. The highest BCUT2D eigenvalue weighted by Crippen LogP contribution is 2.14. The first-order chi connectivity index (χ1) is 11.6. The van der Waals surface area contributed by atoms with Gasteiger partial charge in [-0.25, -0.2) is 9.07 Å². The van der Waals surface area contributed by atoms with E-state index in [1.54, 1.807) is 36.7 Å². The number of para-hydroxylation sites is 1. The first-order valence-electron chi connectivity index (χ1n) is 7.16. The van der Waals surface area contributed by atoms with Crippen molar-refractivity contribution in [1.29, 1.82) is 0 Å². The molecule has 0 fully saturated rings. The normalized spacial score (nSPS) is 10.4. The van der Waals surface area contributed by atoms with Gasteiger partial charge in [-0.1, -0.05) is 12.1 Å². The SMILES string of the molecule is O=C(Cn1nc(-c2cccnc2)ccc1=O)Nc1ccccc1F. The van der Waals surface area contributed by atoms with E-state index in [2.05, 4.69) is 15.4 Å². The summed E-state index contributed by atoms with van der Waals surface area (Å²) in [5.41, 5.74) is 0.868. The van der Waals surface area contributed by atoms with Crippen LogP contribution in [0.2, 0.25) is 0 Å². The van der Waals surface area contributed by atoms with Gasteiger partial charge in [-0.3, -0.25) is 14.6 Å². The van der Waals surface area contributed by atoms with Gasteiger partial charge in [-0.15, -0.1) is 0 Å². The van der Waals surface area contributed by atoms with Crippen LogP contribution < -0.4 is 10.9 Å². The van der Waals surface area contributed by atoms with Crippen LogP contribution in [0.15, 0.2) is 65.7 Å². The van der Waals surface area contributed by atoms with Crippen molar-refractivity contribution in [2.24, 2.45) is 0 Å². The van der Waals surface area contributed by atoms with Gasteiger partial charge in [0.1, 0.15) is 12.4 Å². The number of aromatic nitrogens is 3. The number of hydrogen-bond donors (Lipinski definition) is 1. The Bertz CT molecular complexity index is 925. The van der Waals surface area contributed by atoms with Crippen molar-refractivity contribution < 1.29 is 9.18 Å². The second kappa shape index (κ2) is 6.82. The van der Waals surface area contributed by atoms with Crippen LogP contribution in [0.4, 0.5) is 10.1 Å². The Balaban J connectivity index is 1.81. The van der Waals surface area contributed by atoms with E-state index in [0.29, 0.717) is 5.69 Å². The molecule has 1 aromatic carbocycles. The molecule has 0 unspecified atom stereocenters. The summed E-state index contributed by atoms with van der Waals surface area (Å²) in [4.78, 5) is 27.9. The maximum Gasteiger partial charge on any atom is 0.267 e. The lowest BCUT2D eigenvalue weighted by Crippen LogP contribution is -2.29. The fraction of sp³-hybridized carbons (Fsp3) is 0.0588. The molecule has 6 nitrogen and oxygen atoms in total. The number of carbonyl (C=O) groups is 1. The molecule has 1 amide bonds. The lowest BCUT2D eigenvalue weighted by atomic mass is 10.2. The third-order valence-electron chi connectivity index (χ3n) is 3.27.